The van der Waals surface area contributed by atoms with Crippen LogP contribution in [0, 0.1) is 10.1 Å². The number of carbonyl (C=O) groups is 1. The Morgan fingerprint density at radius 2 is 2.05 bits per heavy atom. The van der Waals surface area contributed by atoms with Crippen molar-refractivity contribution in [2.24, 2.45) is 0 Å². The van der Waals surface area contributed by atoms with Gasteiger partial charge in [-0.25, -0.2) is 5.48 Å². The van der Waals surface area contributed by atoms with Gasteiger partial charge >= 0.3 is 6.18 Å². The first-order chi connectivity index (χ1) is 8.69. The highest BCUT2D eigenvalue weighted by atomic mass is 35.5. The number of benzene rings is 1. The Morgan fingerprint density at radius 3 is 2.58 bits per heavy atom. The predicted molar refractivity (Wildman–Crippen MR) is 57.6 cm³/mol. The molecule has 0 unspecified atom stereocenters. The number of hydrogen-bond donors (Lipinski definition) is 1. The summed E-state index contributed by atoms with van der Waals surface area (Å²) in [6.07, 6.45) is -4.60. The summed E-state index contributed by atoms with van der Waals surface area (Å²) >= 11 is 5.54. The molecule has 1 amide bonds. The van der Waals surface area contributed by atoms with Crippen molar-refractivity contribution >= 4 is 23.2 Å². The average Bonchev–Trinajstić information content (AvgIpc) is 2.26. The number of non-ortho nitro benzene ring substituents is 1. The fourth-order valence-corrected chi connectivity index (χ4v) is 1.28. The van der Waals surface area contributed by atoms with Gasteiger partial charge in [0.2, 0.25) is 0 Å². The molecule has 1 N–H and O–H groups in total. The minimum absolute atomic E-state index is 0.102. The fourth-order valence-electron chi connectivity index (χ4n) is 1.05. The summed E-state index contributed by atoms with van der Waals surface area (Å²) in [6, 6.07) is 2.91. The molecule has 6 nitrogen and oxygen atoms in total. The number of nitro groups is 1. The second kappa shape index (κ2) is 5.85. The van der Waals surface area contributed by atoms with Crippen LogP contribution in [-0.4, -0.2) is 23.6 Å². The molecule has 0 aliphatic rings. The van der Waals surface area contributed by atoms with Crippen LogP contribution in [0.1, 0.15) is 10.4 Å². The third kappa shape index (κ3) is 5.10. The molecule has 0 saturated heterocycles. The summed E-state index contributed by atoms with van der Waals surface area (Å²) in [5, 5.41) is 10.4. The van der Waals surface area contributed by atoms with Crippen molar-refractivity contribution in [1.29, 1.82) is 0 Å². The second-order valence-electron chi connectivity index (χ2n) is 3.29. The quantitative estimate of drug-likeness (QED) is 0.684. The van der Waals surface area contributed by atoms with E-state index in [4.69, 9.17) is 11.6 Å². The second-order valence-corrected chi connectivity index (χ2v) is 3.73. The molecule has 0 saturated carbocycles. The molecule has 0 aliphatic carbocycles. The molecule has 0 aromatic heterocycles. The van der Waals surface area contributed by atoms with Crippen molar-refractivity contribution in [3.05, 3.63) is 38.9 Å². The Morgan fingerprint density at radius 1 is 1.42 bits per heavy atom. The monoisotopic (exact) mass is 298 g/mol. The van der Waals surface area contributed by atoms with E-state index < -0.39 is 29.3 Å². The number of alkyl halides is 3. The van der Waals surface area contributed by atoms with Gasteiger partial charge in [-0.15, -0.1) is 0 Å². The molecule has 0 atom stereocenters. The Balaban J connectivity index is 2.74. The van der Waals surface area contributed by atoms with E-state index in [-0.39, 0.29) is 10.6 Å². The van der Waals surface area contributed by atoms with Gasteiger partial charge in [0.05, 0.1) is 4.92 Å². The molecule has 0 heterocycles. The summed E-state index contributed by atoms with van der Waals surface area (Å²) in [7, 11) is 0. The van der Waals surface area contributed by atoms with Gasteiger partial charge in [-0.05, 0) is 6.07 Å². The van der Waals surface area contributed by atoms with Crippen LogP contribution in [-0.2, 0) is 4.84 Å². The zero-order valence-electron chi connectivity index (χ0n) is 9.03. The van der Waals surface area contributed by atoms with Gasteiger partial charge in [-0.3, -0.25) is 19.7 Å². The molecule has 19 heavy (non-hydrogen) atoms. The van der Waals surface area contributed by atoms with E-state index in [1.807, 2.05) is 0 Å². The van der Waals surface area contributed by atoms with Crippen LogP contribution in [0.15, 0.2) is 18.2 Å². The van der Waals surface area contributed by atoms with Crippen molar-refractivity contribution in [1.82, 2.24) is 5.48 Å². The maximum Gasteiger partial charge on any atom is 0.414 e. The lowest BCUT2D eigenvalue weighted by molar-refractivity contribution is -0.384. The molecule has 1 aromatic rings. The lowest BCUT2D eigenvalue weighted by Crippen LogP contribution is -2.29. The predicted octanol–water partition coefficient (Wildman–Crippen LogP) is 2.47. The third-order valence-electron chi connectivity index (χ3n) is 1.76. The minimum atomic E-state index is -4.60. The first kappa shape index (κ1) is 15.2. The van der Waals surface area contributed by atoms with Crippen molar-refractivity contribution in [3.8, 4) is 0 Å². The highest BCUT2D eigenvalue weighted by molar-refractivity contribution is 6.31. The molecule has 0 bridgehead atoms. The van der Waals surface area contributed by atoms with Gasteiger partial charge in [0, 0.05) is 22.7 Å². The SMILES string of the molecule is O=C(NOCC(F)(F)F)c1cc(Cl)cc([N+](=O)[O-])c1. The lowest BCUT2D eigenvalue weighted by Gasteiger charge is -2.08. The van der Waals surface area contributed by atoms with E-state index in [1.54, 1.807) is 0 Å². The molecular weight excluding hydrogens is 293 g/mol. The van der Waals surface area contributed by atoms with Gasteiger partial charge in [-0.1, -0.05) is 11.6 Å². The molecule has 10 heteroatoms. The van der Waals surface area contributed by atoms with E-state index >= 15 is 0 Å². The summed E-state index contributed by atoms with van der Waals surface area (Å²) in [5.74, 6) is -1.07. The minimum Gasteiger partial charge on any atom is -0.267 e. The van der Waals surface area contributed by atoms with Crippen LogP contribution >= 0.6 is 11.6 Å². The van der Waals surface area contributed by atoms with Gasteiger partial charge < -0.3 is 0 Å². The van der Waals surface area contributed by atoms with Gasteiger partial charge in [0.25, 0.3) is 11.6 Å². The first-order valence-electron chi connectivity index (χ1n) is 4.63. The highest BCUT2D eigenvalue weighted by Crippen LogP contribution is 2.21. The molecule has 0 spiro atoms. The Kier molecular flexibility index (Phi) is 4.67. The number of halogens is 4. The molecule has 0 aliphatic heterocycles. The van der Waals surface area contributed by atoms with Gasteiger partial charge in [0.15, 0.2) is 6.61 Å². The summed E-state index contributed by atoms with van der Waals surface area (Å²) in [6.45, 7) is -1.68. The number of rotatable bonds is 4. The van der Waals surface area contributed by atoms with Gasteiger partial charge in [0.1, 0.15) is 0 Å². The number of carbonyl (C=O) groups excluding carboxylic acids is 1. The molecule has 0 radical (unpaired) electrons. The Hall–Kier alpha value is -1.87. The van der Waals surface area contributed by atoms with E-state index in [2.05, 4.69) is 4.84 Å². The van der Waals surface area contributed by atoms with Crippen LogP contribution in [0.3, 0.4) is 0 Å². The number of nitrogens with zero attached hydrogens (tertiary/aromatic N) is 1. The van der Waals surface area contributed by atoms with Crippen molar-refractivity contribution in [3.63, 3.8) is 0 Å². The molecule has 0 fully saturated rings. The molecule has 1 aromatic carbocycles. The number of amides is 1. The maximum absolute atomic E-state index is 11.8. The third-order valence-corrected chi connectivity index (χ3v) is 1.97. The molecule has 1 rings (SSSR count). The van der Waals surface area contributed by atoms with Crippen LogP contribution in [0.2, 0.25) is 5.02 Å². The first-order valence-corrected chi connectivity index (χ1v) is 5.01. The summed E-state index contributed by atoms with van der Waals surface area (Å²) < 4.78 is 35.3. The maximum atomic E-state index is 11.8. The number of hydrogen-bond acceptors (Lipinski definition) is 4. The van der Waals surface area contributed by atoms with Crippen LogP contribution in [0.5, 0.6) is 0 Å². The standard InChI is InChI=1S/C9H6ClF3N2O4/c10-6-1-5(2-7(3-6)15(17)18)8(16)14-19-4-9(11,12)13/h1-3H,4H2,(H,14,16). The fraction of sp³-hybridized carbons (Fsp3) is 0.222. The zero-order valence-corrected chi connectivity index (χ0v) is 9.79. The number of nitro benzene ring substituents is 1. The van der Waals surface area contributed by atoms with E-state index in [1.165, 1.54) is 5.48 Å². The highest BCUT2D eigenvalue weighted by Gasteiger charge is 2.28. The molecule has 104 valence electrons. The van der Waals surface area contributed by atoms with E-state index in [9.17, 15) is 28.1 Å². The molecular formula is C9H6ClF3N2O4. The van der Waals surface area contributed by atoms with Crippen molar-refractivity contribution in [2.45, 2.75) is 6.18 Å². The van der Waals surface area contributed by atoms with Crippen molar-refractivity contribution in [2.75, 3.05) is 6.61 Å². The summed E-state index contributed by atoms with van der Waals surface area (Å²) in [5.41, 5.74) is 0.754. The zero-order chi connectivity index (χ0) is 14.6. The Bertz CT molecular complexity index is 507. The smallest absolute Gasteiger partial charge is 0.267 e. The topological polar surface area (TPSA) is 81.5 Å². The van der Waals surface area contributed by atoms with Crippen LogP contribution < -0.4 is 5.48 Å². The Labute approximate surface area is 109 Å². The normalized spacial score (nSPS) is 11.2. The number of nitrogens with one attached hydrogen (secondary N) is 1. The number of hydroxylamine groups is 1. The van der Waals surface area contributed by atoms with Crippen LogP contribution in [0.25, 0.3) is 0 Å². The van der Waals surface area contributed by atoms with Crippen molar-refractivity contribution < 1.29 is 27.7 Å². The van der Waals surface area contributed by atoms with Gasteiger partial charge in [-0.2, -0.15) is 13.2 Å². The van der Waals surface area contributed by atoms with E-state index in [0.29, 0.717) is 0 Å². The summed E-state index contributed by atoms with van der Waals surface area (Å²) in [4.78, 5) is 25.0. The van der Waals surface area contributed by atoms with Crippen LogP contribution in [0.4, 0.5) is 18.9 Å². The lowest BCUT2D eigenvalue weighted by atomic mass is 10.2. The van der Waals surface area contributed by atoms with E-state index in [0.717, 1.165) is 18.2 Å². The largest absolute Gasteiger partial charge is 0.414 e. The average molecular weight is 299 g/mol.